The molecule has 0 fully saturated rings. The lowest BCUT2D eigenvalue weighted by Crippen LogP contribution is -2.09. The fraction of sp³-hybridized carbons (Fsp3) is 0.158. The van der Waals surface area contributed by atoms with Crippen LogP contribution in [0.15, 0.2) is 60.9 Å². The molecular weight excluding hydrogens is 336 g/mol. The van der Waals surface area contributed by atoms with Gasteiger partial charge in [0.25, 0.3) is 0 Å². The van der Waals surface area contributed by atoms with Crippen LogP contribution in [0, 0.1) is 11.8 Å². The predicted molar refractivity (Wildman–Crippen MR) is 86.1 cm³/mol. The van der Waals surface area contributed by atoms with Crippen molar-refractivity contribution in [1.29, 1.82) is 0 Å². The highest BCUT2D eigenvalue weighted by molar-refractivity contribution is 5.46. The quantitative estimate of drug-likeness (QED) is 0.546. The lowest BCUT2D eigenvalue weighted by atomic mass is 10.1. The summed E-state index contributed by atoms with van der Waals surface area (Å²) in [6.07, 6.45) is -0.646. The average Bonchev–Trinajstić information content (AvgIpc) is 2.60. The van der Waals surface area contributed by atoms with Crippen LogP contribution in [0.5, 0.6) is 11.5 Å². The molecule has 0 spiro atoms. The largest absolute Gasteiger partial charge is 0.490 e. The first-order chi connectivity index (χ1) is 12.1. The molecule has 0 amide bonds. The first kappa shape index (κ1) is 18.4. The van der Waals surface area contributed by atoms with E-state index in [2.05, 4.69) is 16.6 Å². The number of hydrogen-bond donors (Lipinski definition) is 0. The third kappa shape index (κ3) is 6.60. The lowest BCUT2D eigenvalue weighted by molar-refractivity contribution is -0.0498. The molecule has 6 heteroatoms. The van der Waals surface area contributed by atoms with Gasteiger partial charge in [0, 0.05) is 11.1 Å². The van der Waals surface area contributed by atoms with Crippen molar-refractivity contribution >= 4 is 0 Å². The molecular formula is C19H14F4O2. The van der Waals surface area contributed by atoms with E-state index in [9.17, 15) is 17.6 Å². The van der Waals surface area contributed by atoms with Crippen molar-refractivity contribution < 1.29 is 27.0 Å². The standard InChI is InChI=1S/C19H14F4O2/c20-11-10-16(21)13-24-18-3-1-2-15(12-18)5-4-14-6-8-17(9-7-14)25-19(22)23/h1-3,6-12,16,19H,13H2. The third-order valence-electron chi connectivity index (χ3n) is 2.96. The number of rotatable bonds is 6. The molecule has 0 heterocycles. The molecule has 0 aliphatic rings. The Morgan fingerprint density at radius 2 is 1.64 bits per heavy atom. The molecule has 2 rings (SSSR count). The highest BCUT2D eigenvalue weighted by Gasteiger charge is 2.04. The Morgan fingerprint density at radius 3 is 2.32 bits per heavy atom. The topological polar surface area (TPSA) is 18.5 Å². The summed E-state index contributed by atoms with van der Waals surface area (Å²) in [4.78, 5) is 0. The Balaban J connectivity index is 2.01. The average molecular weight is 350 g/mol. The maximum Gasteiger partial charge on any atom is 0.387 e. The van der Waals surface area contributed by atoms with Crippen LogP contribution in [0.4, 0.5) is 17.6 Å². The second kappa shape index (κ2) is 9.38. The van der Waals surface area contributed by atoms with E-state index >= 15 is 0 Å². The van der Waals surface area contributed by atoms with Crippen molar-refractivity contribution in [1.82, 2.24) is 0 Å². The van der Waals surface area contributed by atoms with Crippen molar-refractivity contribution in [3.8, 4) is 23.3 Å². The van der Waals surface area contributed by atoms with Gasteiger partial charge < -0.3 is 9.47 Å². The molecule has 130 valence electrons. The van der Waals surface area contributed by atoms with Gasteiger partial charge in [-0.05, 0) is 48.5 Å². The molecule has 2 aromatic rings. The van der Waals surface area contributed by atoms with Crippen molar-refractivity contribution in [2.75, 3.05) is 6.61 Å². The first-order valence-corrected chi connectivity index (χ1v) is 7.27. The summed E-state index contributed by atoms with van der Waals surface area (Å²) in [7, 11) is 0. The van der Waals surface area contributed by atoms with Gasteiger partial charge in [0.15, 0.2) is 6.17 Å². The lowest BCUT2D eigenvalue weighted by Gasteiger charge is -2.07. The van der Waals surface area contributed by atoms with E-state index in [1.165, 1.54) is 12.1 Å². The van der Waals surface area contributed by atoms with E-state index in [1.54, 1.807) is 36.4 Å². The van der Waals surface area contributed by atoms with E-state index in [1.807, 2.05) is 0 Å². The fourth-order valence-electron chi connectivity index (χ4n) is 1.84. The number of alkyl halides is 3. The summed E-state index contributed by atoms with van der Waals surface area (Å²) in [6.45, 7) is -3.17. The van der Waals surface area contributed by atoms with Gasteiger partial charge in [-0.15, -0.1) is 0 Å². The van der Waals surface area contributed by atoms with Crippen LogP contribution in [-0.2, 0) is 0 Å². The summed E-state index contributed by atoms with van der Waals surface area (Å²) >= 11 is 0. The Hall–Kier alpha value is -2.94. The molecule has 0 aliphatic heterocycles. The number of ether oxygens (including phenoxy) is 2. The fourth-order valence-corrected chi connectivity index (χ4v) is 1.84. The molecule has 0 saturated carbocycles. The smallest absolute Gasteiger partial charge is 0.387 e. The first-order valence-electron chi connectivity index (χ1n) is 7.27. The molecule has 1 atom stereocenters. The summed E-state index contributed by atoms with van der Waals surface area (Å²) in [6, 6.07) is 12.6. The number of hydrogen-bond acceptors (Lipinski definition) is 2. The molecule has 2 aromatic carbocycles. The van der Waals surface area contributed by atoms with Gasteiger partial charge >= 0.3 is 6.61 Å². The van der Waals surface area contributed by atoms with Gasteiger partial charge in [-0.25, -0.2) is 8.78 Å². The van der Waals surface area contributed by atoms with Gasteiger partial charge in [-0.1, -0.05) is 17.9 Å². The number of benzene rings is 2. The van der Waals surface area contributed by atoms with E-state index in [0.29, 0.717) is 16.9 Å². The Bertz CT molecular complexity index is 761. The van der Waals surface area contributed by atoms with Crippen LogP contribution in [0.2, 0.25) is 0 Å². The molecule has 0 aromatic heterocycles. The maximum atomic E-state index is 13.1. The SMILES string of the molecule is FC=CC(F)COc1cccc(C#Cc2ccc(OC(F)F)cc2)c1. The molecule has 0 N–H and O–H groups in total. The summed E-state index contributed by atoms with van der Waals surface area (Å²) < 4.78 is 58.6. The van der Waals surface area contributed by atoms with Crippen LogP contribution in [0.25, 0.3) is 0 Å². The molecule has 1 unspecified atom stereocenters. The minimum Gasteiger partial charge on any atom is -0.490 e. The Kier molecular flexibility index (Phi) is 6.90. The summed E-state index contributed by atoms with van der Waals surface area (Å²) in [5.74, 6) is 6.22. The minimum absolute atomic E-state index is 0.0547. The molecule has 2 nitrogen and oxygen atoms in total. The van der Waals surface area contributed by atoms with Gasteiger partial charge in [-0.2, -0.15) is 8.78 Å². The van der Waals surface area contributed by atoms with Crippen LogP contribution in [0.1, 0.15) is 11.1 Å². The molecule has 0 saturated heterocycles. The van der Waals surface area contributed by atoms with Crippen molar-refractivity contribution in [3.63, 3.8) is 0 Å². The zero-order valence-corrected chi connectivity index (χ0v) is 13.0. The second-order valence-electron chi connectivity index (χ2n) is 4.83. The van der Waals surface area contributed by atoms with Gasteiger partial charge in [0.05, 0.1) is 6.33 Å². The monoisotopic (exact) mass is 350 g/mol. The zero-order chi connectivity index (χ0) is 18.1. The zero-order valence-electron chi connectivity index (χ0n) is 13.0. The Morgan fingerprint density at radius 1 is 0.920 bits per heavy atom. The second-order valence-corrected chi connectivity index (χ2v) is 4.83. The van der Waals surface area contributed by atoms with Gasteiger partial charge in [0.1, 0.15) is 18.1 Å². The maximum absolute atomic E-state index is 13.1. The van der Waals surface area contributed by atoms with E-state index in [-0.39, 0.29) is 18.7 Å². The van der Waals surface area contributed by atoms with E-state index < -0.39 is 12.8 Å². The van der Waals surface area contributed by atoms with Crippen molar-refractivity contribution in [2.45, 2.75) is 12.8 Å². The van der Waals surface area contributed by atoms with Crippen LogP contribution in [-0.4, -0.2) is 19.4 Å². The van der Waals surface area contributed by atoms with Crippen molar-refractivity contribution in [3.05, 3.63) is 72.1 Å². The highest BCUT2D eigenvalue weighted by Crippen LogP contribution is 2.16. The Labute approximate surface area is 142 Å². The van der Waals surface area contributed by atoms with Crippen LogP contribution < -0.4 is 9.47 Å². The van der Waals surface area contributed by atoms with Gasteiger partial charge in [0.2, 0.25) is 0 Å². The molecule has 0 bridgehead atoms. The normalized spacial score (nSPS) is 11.9. The molecule has 0 radical (unpaired) electrons. The summed E-state index contributed by atoms with van der Waals surface area (Å²) in [5, 5.41) is 0. The molecule has 25 heavy (non-hydrogen) atoms. The van der Waals surface area contributed by atoms with E-state index in [4.69, 9.17) is 4.74 Å². The van der Waals surface area contributed by atoms with Crippen LogP contribution in [0.3, 0.4) is 0 Å². The minimum atomic E-state index is -2.87. The predicted octanol–water partition coefficient (Wildman–Crippen LogP) is 4.89. The van der Waals surface area contributed by atoms with Crippen molar-refractivity contribution in [2.24, 2.45) is 0 Å². The van der Waals surface area contributed by atoms with Crippen LogP contribution >= 0.6 is 0 Å². The number of halogens is 4. The van der Waals surface area contributed by atoms with E-state index in [0.717, 1.165) is 6.08 Å². The third-order valence-corrected chi connectivity index (χ3v) is 2.96. The summed E-state index contributed by atoms with van der Waals surface area (Å²) in [5.41, 5.74) is 1.24. The highest BCUT2D eigenvalue weighted by atomic mass is 19.3. The molecule has 0 aliphatic carbocycles. The van der Waals surface area contributed by atoms with Gasteiger partial charge in [-0.3, -0.25) is 0 Å².